The molecular formula is C14H11NO. The Hall–Kier alpha value is -2.01. The lowest BCUT2D eigenvalue weighted by atomic mass is 9.96. The molecule has 0 unspecified atom stereocenters. The molecule has 0 fully saturated rings. The number of hydrogen-bond acceptors (Lipinski definition) is 2. The summed E-state index contributed by atoms with van der Waals surface area (Å²) in [7, 11) is 0. The highest BCUT2D eigenvalue weighted by molar-refractivity contribution is 5.87. The quantitative estimate of drug-likeness (QED) is 0.668. The summed E-state index contributed by atoms with van der Waals surface area (Å²) < 4.78 is 5.63. The van der Waals surface area contributed by atoms with Gasteiger partial charge in [0.2, 0.25) is 0 Å². The molecule has 0 spiro atoms. The Labute approximate surface area is 94.1 Å². The third-order valence-electron chi connectivity index (χ3n) is 3.07. The zero-order valence-electron chi connectivity index (χ0n) is 8.81. The lowest BCUT2D eigenvalue weighted by Crippen LogP contribution is -2.20. The van der Waals surface area contributed by atoms with Gasteiger partial charge in [-0.25, -0.2) is 0 Å². The first-order chi connectivity index (χ1) is 7.88. The van der Waals surface area contributed by atoms with E-state index in [1.807, 2.05) is 24.3 Å². The molecule has 0 aliphatic carbocycles. The topological polar surface area (TPSA) is 33.0 Å². The molecule has 0 radical (unpaired) electrons. The molecule has 2 heteroatoms. The van der Waals surface area contributed by atoms with Crippen molar-refractivity contribution in [3.05, 3.63) is 42.0 Å². The molecule has 1 heterocycles. The number of nitriles is 1. The van der Waals surface area contributed by atoms with Crippen LogP contribution in [0.2, 0.25) is 0 Å². The Morgan fingerprint density at radius 1 is 1.19 bits per heavy atom. The fourth-order valence-corrected chi connectivity index (χ4v) is 2.26. The monoisotopic (exact) mass is 209 g/mol. The van der Waals surface area contributed by atoms with Crippen molar-refractivity contribution in [2.75, 3.05) is 0 Å². The second-order valence-electron chi connectivity index (χ2n) is 4.04. The van der Waals surface area contributed by atoms with Gasteiger partial charge >= 0.3 is 0 Å². The predicted molar refractivity (Wildman–Crippen MR) is 62.3 cm³/mol. The number of aryl methyl sites for hydroxylation is 1. The molecule has 3 rings (SSSR count). The van der Waals surface area contributed by atoms with Crippen molar-refractivity contribution in [3.8, 4) is 11.8 Å². The molecule has 2 aromatic carbocycles. The molecule has 1 aliphatic heterocycles. The predicted octanol–water partition coefficient (Wildman–Crippen LogP) is 3.06. The van der Waals surface area contributed by atoms with Crippen LogP contribution in [0.1, 0.15) is 12.0 Å². The van der Waals surface area contributed by atoms with Crippen LogP contribution in [0.5, 0.6) is 5.75 Å². The van der Waals surface area contributed by atoms with Crippen LogP contribution in [0, 0.1) is 11.3 Å². The van der Waals surface area contributed by atoms with E-state index in [1.165, 1.54) is 16.3 Å². The third kappa shape index (κ3) is 1.33. The minimum atomic E-state index is -0.284. The van der Waals surface area contributed by atoms with Gasteiger partial charge in [-0.15, -0.1) is 0 Å². The van der Waals surface area contributed by atoms with Gasteiger partial charge in [0.05, 0.1) is 0 Å². The van der Waals surface area contributed by atoms with Gasteiger partial charge in [-0.05, 0) is 23.3 Å². The lowest BCUT2D eigenvalue weighted by molar-refractivity contribution is 0.226. The van der Waals surface area contributed by atoms with Crippen molar-refractivity contribution in [3.63, 3.8) is 0 Å². The van der Waals surface area contributed by atoms with Gasteiger partial charge in [0.1, 0.15) is 11.8 Å². The molecule has 0 saturated carbocycles. The maximum absolute atomic E-state index is 8.85. The van der Waals surface area contributed by atoms with Gasteiger partial charge in [-0.2, -0.15) is 5.26 Å². The zero-order chi connectivity index (χ0) is 11.0. The smallest absolute Gasteiger partial charge is 0.184 e. The summed E-state index contributed by atoms with van der Waals surface area (Å²) in [6.07, 6.45) is 1.43. The average Bonchev–Trinajstić information content (AvgIpc) is 2.38. The van der Waals surface area contributed by atoms with Crippen molar-refractivity contribution < 1.29 is 4.74 Å². The second kappa shape index (κ2) is 3.53. The number of benzene rings is 2. The average molecular weight is 209 g/mol. The maximum atomic E-state index is 8.85. The van der Waals surface area contributed by atoms with Crippen LogP contribution in [-0.4, -0.2) is 6.10 Å². The fraction of sp³-hybridized carbons (Fsp3) is 0.214. The van der Waals surface area contributed by atoms with E-state index >= 15 is 0 Å². The van der Waals surface area contributed by atoms with E-state index in [2.05, 4.69) is 18.2 Å². The summed E-state index contributed by atoms with van der Waals surface area (Å²) in [5.74, 6) is 0.872. The fourth-order valence-electron chi connectivity index (χ4n) is 2.26. The van der Waals surface area contributed by atoms with Crippen LogP contribution in [0.3, 0.4) is 0 Å². The molecule has 1 atom stereocenters. The van der Waals surface area contributed by atoms with Crippen LogP contribution in [0.15, 0.2) is 36.4 Å². The Morgan fingerprint density at radius 3 is 2.94 bits per heavy atom. The van der Waals surface area contributed by atoms with E-state index < -0.39 is 0 Å². The highest BCUT2D eigenvalue weighted by atomic mass is 16.5. The Balaban J connectivity index is 2.19. The molecule has 0 aromatic heterocycles. The van der Waals surface area contributed by atoms with Crippen LogP contribution >= 0.6 is 0 Å². The molecule has 2 aromatic rings. The van der Waals surface area contributed by atoms with Crippen molar-refractivity contribution in [2.24, 2.45) is 0 Å². The minimum absolute atomic E-state index is 0.284. The van der Waals surface area contributed by atoms with Gasteiger partial charge in [0, 0.05) is 12.0 Å². The molecule has 0 amide bonds. The molecule has 0 saturated heterocycles. The molecule has 0 bridgehead atoms. The van der Waals surface area contributed by atoms with Crippen molar-refractivity contribution in [1.82, 2.24) is 0 Å². The Kier molecular flexibility index (Phi) is 2.04. The zero-order valence-corrected chi connectivity index (χ0v) is 8.81. The third-order valence-corrected chi connectivity index (χ3v) is 3.07. The number of nitrogens with zero attached hydrogens (tertiary/aromatic N) is 1. The Bertz CT molecular complexity index is 583. The van der Waals surface area contributed by atoms with Crippen LogP contribution < -0.4 is 4.74 Å². The molecule has 0 N–H and O–H groups in total. The highest BCUT2D eigenvalue weighted by Crippen LogP contribution is 2.33. The van der Waals surface area contributed by atoms with Crippen molar-refractivity contribution >= 4 is 10.8 Å². The van der Waals surface area contributed by atoms with E-state index in [9.17, 15) is 0 Å². The van der Waals surface area contributed by atoms with Gasteiger partial charge in [0.15, 0.2) is 6.10 Å². The number of ether oxygens (including phenoxy) is 1. The summed E-state index contributed by atoms with van der Waals surface area (Å²) in [5, 5.41) is 11.3. The number of hydrogen-bond donors (Lipinski definition) is 0. The van der Waals surface area contributed by atoms with Crippen LogP contribution in [0.25, 0.3) is 10.8 Å². The normalized spacial score (nSPS) is 18.6. The van der Waals surface area contributed by atoms with Gasteiger partial charge in [-0.1, -0.05) is 30.3 Å². The largest absolute Gasteiger partial charge is 0.475 e. The standard InChI is InChI=1S/C14H11NO/c15-9-11-6-7-13-12-4-2-1-3-10(12)5-8-14(13)16-11/h1-5,8,11H,6-7H2/t11-/m0/s1. The van der Waals surface area contributed by atoms with Crippen LogP contribution in [-0.2, 0) is 6.42 Å². The first kappa shape index (κ1) is 9.23. The molecule has 1 aliphatic rings. The van der Waals surface area contributed by atoms with E-state index in [4.69, 9.17) is 10.00 Å². The Morgan fingerprint density at radius 2 is 2.06 bits per heavy atom. The summed E-state index contributed by atoms with van der Waals surface area (Å²) in [6.45, 7) is 0. The van der Waals surface area contributed by atoms with Crippen molar-refractivity contribution in [2.45, 2.75) is 18.9 Å². The summed E-state index contributed by atoms with van der Waals surface area (Å²) in [6, 6.07) is 14.5. The summed E-state index contributed by atoms with van der Waals surface area (Å²) in [4.78, 5) is 0. The molecule has 78 valence electrons. The first-order valence-corrected chi connectivity index (χ1v) is 5.45. The van der Waals surface area contributed by atoms with E-state index in [0.717, 1.165) is 18.6 Å². The molecule has 16 heavy (non-hydrogen) atoms. The second-order valence-corrected chi connectivity index (χ2v) is 4.04. The first-order valence-electron chi connectivity index (χ1n) is 5.45. The van der Waals surface area contributed by atoms with Gasteiger partial charge in [-0.3, -0.25) is 0 Å². The SMILES string of the molecule is N#C[C@@H]1CCc2c(ccc3ccccc23)O1. The van der Waals surface area contributed by atoms with E-state index in [1.54, 1.807) is 0 Å². The highest BCUT2D eigenvalue weighted by Gasteiger charge is 2.20. The van der Waals surface area contributed by atoms with E-state index in [-0.39, 0.29) is 6.10 Å². The molecule has 2 nitrogen and oxygen atoms in total. The lowest BCUT2D eigenvalue weighted by Gasteiger charge is -2.22. The van der Waals surface area contributed by atoms with Gasteiger partial charge in [0.25, 0.3) is 0 Å². The maximum Gasteiger partial charge on any atom is 0.184 e. The van der Waals surface area contributed by atoms with E-state index in [0.29, 0.717) is 0 Å². The summed E-state index contributed by atoms with van der Waals surface area (Å²) >= 11 is 0. The van der Waals surface area contributed by atoms with Crippen LogP contribution in [0.4, 0.5) is 0 Å². The number of rotatable bonds is 0. The number of fused-ring (bicyclic) bond motifs is 3. The van der Waals surface area contributed by atoms with Gasteiger partial charge < -0.3 is 4.74 Å². The molecular weight excluding hydrogens is 198 g/mol. The summed E-state index contributed by atoms with van der Waals surface area (Å²) in [5.41, 5.74) is 1.24. The minimum Gasteiger partial charge on any atom is -0.475 e. The van der Waals surface area contributed by atoms with Crippen molar-refractivity contribution in [1.29, 1.82) is 5.26 Å².